The van der Waals surface area contributed by atoms with E-state index in [4.69, 9.17) is 5.11 Å². The van der Waals surface area contributed by atoms with E-state index in [0.29, 0.717) is 0 Å². The molecule has 0 fully saturated rings. The molecule has 1 N–H and O–H groups in total. The van der Waals surface area contributed by atoms with Crippen LogP contribution in [0.2, 0.25) is 0 Å². The van der Waals surface area contributed by atoms with Gasteiger partial charge in [-0.2, -0.15) is 0 Å². The van der Waals surface area contributed by atoms with Crippen molar-refractivity contribution in [2.45, 2.75) is 45.4 Å². The number of allylic oxidation sites excluding steroid dienone is 3. The second kappa shape index (κ2) is 10.3. The van der Waals surface area contributed by atoms with Crippen LogP contribution < -0.4 is 0 Å². The van der Waals surface area contributed by atoms with E-state index in [1.807, 2.05) is 6.08 Å². The predicted octanol–water partition coefficient (Wildman–Crippen LogP) is 3.97. The van der Waals surface area contributed by atoms with Crippen LogP contribution in [0.4, 0.5) is 0 Å². The lowest BCUT2D eigenvalue weighted by Crippen LogP contribution is -1.76. The van der Waals surface area contributed by atoms with Crippen LogP contribution in [0.5, 0.6) is 0 Å². The maximum Gasteiger partial charge on any atom is 0.0751 e. The first-order valence-electron chi connectivity index (χ1n) is 4.82. The Morgan fingerprint density at radius 2 is 1.50 bits per heavy atom. The molecule has 0 saturated heterocycles. The molecule has 1 nitrogen and oxygen atoms in total. The Balaban J connectivity index is 2.91. The van der Waals surface area contributed by atoms with E-state index in [1.165, 1.54) is 32.1 Å². The average molecular weight is 168 g/mol. The summed E-state index contributed by atoms with van der Waals surface area (Å²) in [5.41, 5.74) is 0. The molecule has 0 aromatic carbocycles. The minimum atomic E-state index is 1.01. The van der Waals surface area contributed by atoms with Crippen LogP contribution in [-0.4, -0.2) is 5.11 Å². The van der Waals surface area contributed by atoms with E-state index in [-0.39, 0.29) is 0 Å². The second-order valence-electron chi connectivity index (χ2n) is 2.95. The van der Waals surface area contributed by atoms with Gasteiger partial charge in [0.05, 0.1) is 6.26 Å². The van der Waals surface area contributed by atoms with Crippen LogP contribution in [0.3, 0.4) is 0 Å². The Labute approximate surface area is 75.8 Å². The fraction of sp³-hybridized carbons (Fsp3) is 0.636. The largest absolute Gasteiger partial charge is 0.516 e. The molecule has 0 atom stereocenters. The highest BCUT2D eigenvalue weighted by Crippen LogP contribution is 2.05. The minimum Gasteiger partial charge on any atom is -0.516 e. The van der Waals surface area contributed by atoms with E-state index in [2.05, 4.69) is 19.1 Å². The molecule has 70 valence electrons. The Morgan fingerprint density at radius 1 is 0.917 bits per heavy atom. The molecule has 0 aliphatic carbocycles. The van der Waals surface area contributed by atoms with Gasteiger partial charge in [0.1, 0.15) is 0 Å². The summed E-state index contributed by atoms with van der Waals surface area (Å²) in [6, 6.07) is 0. The lowest BCUT2D eigenvalue weighted by atomic mass is 10.1. The van der Waals surface area contributed by atoms with E-state index < -0.39 is 0 Å². The summed E-state index contributed by atoms with van der Waals surface area (Å²) in [5.74, 6) is 0. The number of unbranched alkanes of at least 4 members (excludes halogenated alkanes) is 5. The van der Waals surface area contributed by atoms with Crippen LogP contribution in [0, 0.1) is 0 Å². The molecule has 0 radical (unpaired) electrons. The molecule has 0 aromatic rings. The Bertz CT molecular complexity index is 109. The quantitative estimate of drug-likeness (QED) is 0.346. The average Bonchev–Trinajstić information content (AvgIpc) is 2.10. The van der Waals surface area contributed by atoms with Gasteiger partial charge in [0.25, 0.3) is 0 Å². The van der Waals surface area contributed by atoms with Crippen LogP contribution in [0.1, 0.15) is 45.4 Å². The van der Waals surface area contributed by atoms with Gasteiger partial charge in [-0.3, -0.25) is 0 Å². The van der Waals surface area contributed by atoms with Crippen molar-refractivity contribution >= 4 is 0 Å². The van der Waals surface area contributed by atoms with Crippen molar-refractivity contribution < 1.29 is 5.11 Å². The SMILES string of the molecule is CC=CCCCCCCC=CO. The smallest absolute Gasteiger partial charge is 0.0751 e. The summed E-state index contributed by atoms with van der Waals surface area (Å²) in [4.78, 5) is 0. The van der Waals surface area contributed by atoms with Gasteiger partial charge >= 0.3 is 0 Å². The van der Waals surface area contributed by atoms with E-state index >= 15 is 0 Å². The molecular weight excluding hydrogens is 148 g/mol. The number of aliphatic hydroxyl groups excluding tert-OH is 1. The fourth-order valence-electron chi connectivity index (χ4n) is 1.12. The van der Waals surface area contributed by atoms with E-state index in [1.54, 1.807) is 0 Å². The third-order valence-corrected chi connectivity index (χ3v) is 1.83. The van der Waals surface area contributed by atoms with Crippen molar-refractivity contribution in [2.75, 3.05) is 0 Å². The van der Waals surface area contributed by atoms with Crippen LogP contribution >= 0.6 is 0 Å². The highest BCUT2D eigenvalue weighted by molar-refractivity contribution is 4.76. The van der Waals surface area contributed by atoms with Gasteiger partial charge in [-0.15, -0.1) is 0 Å². The molecule has 0 heterocycles. The molecule has 0 rings (SSSR count). The van der Waals surface area contributed by atoms with Crippen molar-refractivity contribution in [2.24, 2.45) is 0 Å². The molecule has 1 heteroatoms. The molecule has 0 aliphatic rings. The monoisotopic (exact) mass is 168 g/mol. The molecule has 0 amide bonds. The van der Waals surface area contributed by atoms with E-state index in [9.17, 15) is 0 Å². The standard InChI is InChI=1S/C11H20O/c1-2-3-4-5-6-7-8-9-10-11-12/h2-3,10-12H,4-9H2,1H3. The first-order valence-corrected chi connectivity index (χ1v) is 4.82. The van der Waals surface area contributed by atoms with Gasteiger partial charge in [0.2, 0.25) is 0 Å². The first kappa shape index (κ1) is 11.3. The summed E-state index contributed by atoms with van der Waals surface area (Å²) >= 11 is 0. The zero-order valence-corrected chi connectivity index (χ0v) is 8.00. The molecule has 0 aromatic heterocycles. The zero-order chi connectivity index (χ0) is 9.07. The van der Waals surface area contributed by atoms with Crippen molar-refractivity contribution in [1.29, 1.82) is 0 Å². The number of hydrogen-bond acceptors (Lipinski definition) is 1. The normalized spacial score (nSPS) is 11.8. The second-order valence-corrected chi connectivity index (χ2v) is 2.95. The molecule has 12 heavy (non-hydrogen) atoms. The Morgan fingerprint density at radius 3 is 2.00 bits per heavy atom. The number of hydrogen-bond donors (Lipinski definition) is 1. The summed E-state index contributed by atoms with van der Waals surface area (Å²) in [7, 11) is 0. The minimum absolute atomic E-state index is 1.01. The lowest BCUT2D eigenvalue weighted by molar-refractivity contribution is 0.469. The molecule has 0 aliphatic heterocycles. The van der Waals surface area contributed by atoms with Gasteiger partial charge in [-0.1, -0.05) is 31.1 Å². The lowest BCUT2D eigenvalue weighted by Gasteiger charge is -1.95. The molecule has 0 spiro atoms. The van der Waals surface area contributed by atoms with Crippen LogP contribution in [0.25, 0.3) is 0 Å². The van der Waals surface area contributed by atoms with Gasteiger partial charge < -0.3 is 5.11 Å². The molecule has 0 unspecified atom stereocenters. The van der Waals surface area contributed by atoms with Crippen LogP contribution in [-0.2, 0) is 0 Å². The van der Waals surface area contributed by atoms with Crippen molar-refractivity contribution in [1.82, 2.24) is 0 Å². The topological polar surface area (TPSA) is 20.2 Å². The molecule has 0 saturated carbocycles. The van der Waals surface area contributed by atoms with Gasteiger partial charge in [0.15, 0.2) is 0 Å². The van der Waals surface area contributed by atoms with Crippen LogP contribution in [0.15, 0.2) is 24.5 Å². The third kappa shape index (κ3) is 9.28. The van der Waals surface area contributed by atoms with Gasteiger partial charge in [-0.05, 0) is 32.6 Å². The maximum absolute atomic E-state index is 8.35. The van der Waals surface area contributed by atoms with Crippen molar-refractivity contribution in [3.63, 3.8) is 0 Å². The first-order chi connectivity index (χ1) is 5.91. The highest BCUT2D eigenvalue weighted by atomic mass is 16.2. The highest BCUT2D eigenvalue weighted by Gasteiger charge is 1.86. The summed E-state index contributed by atoms with van der Waals surface area (Å²) < 4.78 is 0. The number of rotatable bonds is 7. The van der Waals surface area contributed by atoms with Crippen molar-refractivity contribution in [3.8, 4) is 0 Å². The molecule has 0 bridgehead atoms. The van der Waals surface area contributed by atoms with Crippen molar-refractivity contribution in [3.05, 3.63) is 24.5 Å². The predicted molar refractivity (Wildman–Crippen MR) is 54.3 cm³/mol. The number of aliphatic hydroxyl groups is 1. The summed E-state index contributed by atoms with van der Waals surface area (Å²) in [5, 5.41) is 8.35. The Hall–Kier alpha value is -0.720. The fourth-order valence-corrected chi connectivity index (χ4v) is 1.12. The van der Waals surface area contributed by atoms with Gasteiger partial charge in [-0.25, -0.2) is 0 Å². The summed E-state index contributed by atoms with van der Waals surface area (Å²) in [6.07, 6.45) is 14.6. The Kier molecular flexibility index (Phi) is 9.66. The zero-order valence-electron chi connectivity index (χ0n) is 8.00. The van der Waals surface area contributed by atoms with Gasteiger partial charge in [0, 0.05) is 0 Å². The maximum atomic E-state index is 8.35. The third-order valence-electron chi connectivity index (χ3n) is 1.83. The van der Waals surface area contributed by atoms with E-state index in [0.717, 1.165) is 12.7 Å². The summed E-state index contributed by atoms with van der Waals surface area (Å²) in [6.45, 7) is 2.06. The molecular formula is C11H20O.